The molecular weight excluding hydrogens is 351 g/mol. The molecule has 0 saturated heterocycles. The summed E-state index contributed by atoms with van der Waals surface area (Å²) in [5, 5.41) is 8.74. The molecule has 4 aromatic rings. The van der Waals surface area contributed by atoms with Gasteiger partial charge in [0.15, 0.2) is 5.13 Å². The minimum Gasteiger partial charge on any atom is -0.467 e. The number of aryl methyl sites for hydroxylation is 1. The number of aromatic nitrogens is 3. The largest absolute Gasteiger partial charge is 0.467 e. The van der Waals surface area contributed by atoms with Crippen LogP contribution in [0.1, 0.15) is 17.0 Å². The molecule has 3 heterocycles. The fourth-order valence-corrected chi connectivity index (χ4v) is 3.56. The Morgan fingerprint density at radius 1 is 1.19 bits per heavy atom. The van der Waals surface area contributed by atoms with E-state index in [1.807, 2.05) is 36.0 Å². The lowest BCUT2D eigenvalue weighted by Gasteiger charge is -2.01. The molecule has 0 fully saturated rings. The number of hydrogen-bond acceptors (Lipinski definition) is 5. The van der Waals surface area contributed by atoms with E-state index in [0.29, 0.717) is 13.1 Å². The van der Waals surface area contributed by atoms with Crippen LogP contribution < -0.4 is 5.32 Å². The Labute approximate surface area is 154 Å². The lowest BCUT2D eigenvalue weighted by atomic mass is 10.2. The molecule has 5 nitrogen and oxygen atoms in total. The van der Waals surface area contributed by atoms with Crippen LogP contribution in [0.15, 0.2) is 59.3 Å². The Hall–Kier alpha value is -2.93. The van der Waals surface area contributed by atoms with Crippen LogP contribution in [-0.4, -0.2) is 14.8 Å². The van der Waals surface area contributed by atoms with Crippen molar-refractivity contribution in [3.63, 3.8) is 0 Å². The summed E-state index contributed by atoms with van der Waals surface area (Å²) >= 11 is 1.57. The normalized spacial score (nSPS) is 11.0. The van der Waals surface area contributed by atoms with Crippen molar-refractivity contribution in [2.24, 2.45) is 0 Å². The third kappa shape index (κ3) is 3.67. The van der Waals surface area contributed by atoms with Crippen LogP contribution in [0.4, 0.5) is 9.52 Å². The van der Waals surface area contributed by atoms with Crippen LogP contribution in [0.25, 0.3) is 10.6 Å². The summed E-state index contributed by atoms with van der Waals surface area (Å²) < 4.78 is 20.2. The Morgan fingerprint density at radius 3 is 2.81 bits per heavy atom. The van der Waals surface area contributed by atoms with Crippen LogP contribution in [0.3, 0.4) is 0 Å². The van der Waals surface area contributed by atoms with Gasteiger partial charge in [-0.15, -0.1) is 0 Å². The van der Waals surface area contributed by atoms with Gasteiger partial charge >= 0.3 is 0 Å². The van der Waals surface area contributed by atoms with E-state index in [9.17, 15) is 4.39 Å². The first-order chi connectivity index (χ1) is 12.7. The Morgan fingerprint density at radius 2 is 2.04 bits per heavy atom. The van der Waals surface area contributed by atoms with E-state index in [4.69, 9.17) is 4.42 Å². The topological polar surface area (TPSA) is 55.9 Å². The highest BCUT2D eigenvalue weighted by Crippen LogP contribution is 2.31. The highest BCUT2D eigenvalue weighted by Gasteiger charge is 2.13. The maximum atomic E-state index is 13.0. The zero-order valence-corrected chi connectivity index (χ0v) is 15.0. The molecule has 0 aliphatic carbocycles. The molecule has 1 N–H and O–H groups in total. The summed E-state index contributed by atoms with van der Waals surface area (Å²) in [5.74, 6) is 0.632. The molecule has 0 spiro atoms. The fourth-order valence-electron chi connectivity index (χ4n) is 2.63. The summed E-state index contributed by atoms with van der Waals surface area (Å²) in [4.78, 5) is 5.60. The van der Waals surface area contributed by atoms with Crippen molar-refractivity contribution in [3.05, 3.63) is 77.8 Å². The number of nitrogens with one attached hydrogen (secondary N) is 1. The SMILES string of the molecule is Cc1nc(NCc2ccco2)sc1-c1ccn(Cc2ccc(F)cc2)n1. The van der Waals surface area contributed by atoms with Gasteiger partial charge in [-0.3, -0.25) is 4.68 Å². The standard InChI is InChI=1S/C19H17FN4OS/c1-13-18(26-19(22-13)21-11-16-3-2-10-25-16)17-8-9-24(23-17)12-14-4-6-15(20)7-5-14/h2-10H,11-12H2,1H3,(H,21,22). The molecule has 0 aliphatic heterocycles. The molecule has 0 bridgehead atoms. The third-order valence-corrected chi connectivity index (χ3v) is 5.06. The zero-order valence-electron chi connectivity index (χ0n) is 14.1. The summed E-state index contributed by atoms with van der Waals surface area (Å²) in [6.45, 7) is 3.17. The van der Waals surface area contributed by atoms with Crippen molar-refractivity contribution in [2.45, 2.75) is 20.0 Å². The molecule has 0 radical (unpaired) electrons. The van der Waals surface area contributed by atoms with Crippen molar-refractivity contribution < 1.29 is 8.81 Å². The second kappa shape index (κ2) is 7.13. The lowest BCUT2D eigenvalue weighted by molar-refractivity contribution is 0.518. The van der Waals surface area contributed by atoms with Crippen molar-refractivity contribution in [2.75, 3.05) is 5.32 Å². The first kappa shape index (κ1) is 16.5. The second-order valence-corrected chi connectivity index (χ2v) is 6.89. The zero-order chi connectivity index (χ0) is 17.9. The molecule has 0 unspecified atom stereocenters. The fraction of sp³-hybridized carbons (Fsp3) is 0.158. The van der Waals surface area contributed by atoms with E-state index >= 15 is 0 Å². The molecular formula is C19H17FN4OS. The van der Waals surface area contributed by atoms with Gasteiger partial charge in [-0.1, -0.05) is 23.5 Å². The quantitative estimate of drug-likeness (QED) is 0.536. The van der Waals surface area contributed by atoms with Crippen LogP contribution in [-0.2, 0) is 13.1 Å². The van der Waals surface area contributed by atoms with Gasteiger partial charge in [-0.2, -0.15) is 5.10 Å². The van der Waals surface area contributed by atoms with E-state index in [0.717, 1.165) is 32.7 Å². The van der Waals surface area contributed by atoms with Gasteiger partial charge in [-0.25, -0.2) is 9.37 Å². The molecule has 26 heavy (non-hydrogen) atoms. The highest BCUT2D eigenvalue weighted by molar-refractivity contribution is 7.19. The van der Waals surface area contributed by atoms with Gasteiger partial charge in [0, 0.05) is 6.20 Å². The summed E-state index contributed by atoms with van der Waals surface area (Å²) in [6.07, 6.45) is 3.58. The van der Waals surface area contributed by atoms with Crippen LogP contribution >= 0.6 is 11.3 Å². The van der Waals surface area contributed by atoms with Crippen LogP contribution in [0, 0.1) is 12.7 Å². The average Bonchev–Trinajstić information content (AvgIpc) is 3.36. The lowest BCUT2D eigenvalue weighted by Crippen LogP contribution is -2.00. The maximum Gasteiger partial charge on any atom is 0.183 e. The van der Waals surface area contributed by atoms with Crippen molar-refractivity contribution >= 4 is 16.5 Å². The van der Waals surface area contributed by atoms with E-state index in [2.05, 4.69) is 15.4 Å². The number of anilines is 1. The average molecular weight is 368 g/mol. The minimum absolute atomic E-state index is 0.232. The smallest absolute Gasteiger partial charge is 0.183 e. The van der Waals surface area contributed by atoms with Crippen LogP contribution in [0.5, 0.6) is 0 Å². The molecule has 1 aromatic carbocycles. The highest BCUT2D eigenvalue weighted by atomic mass is 32.1. The predicted molar refractivity (Wildman–Crippen MR) is 99.6 cm³/mol. The molecule has 0 saturated carbocycles. The van der Waals surface area contributed by atoms with Gasteiger partial charge < -0.3 is 9.73 Å². The van der Waals surface area contributed by atoms with Gasteiger partial charge in [0.25, 0.3) is 0 Å². The van der Waals surface area contributed by atoms with Gasteiger partial charge in [-0.05, 0) is 42.8 Å². The first-order valence-corrected chi connectivity index (χ1v) is 9.01. The number of thiazole rings is 1. The number of nitrogens with zero attached hydrogens (tertiary/aromatic N) is 3. The molecule has 0 amide bonds. The Kier molecular flexibility index (Phi) is 4.53. The molecule has 0 atom stereocenters. The number of furan rings is 1. The van der Waals surface area contributed by atoms with E-state index in [-0.39, 0.29) is 5.82 Å². The monoisotopic (exact) mass is 368 g/mol. The second-order valence-electron chi connectivity index (χ2n) is 5.89. The van der Waals surface area contributed by atoms with Gasteiger partial charge in [0.05, 0.1) is 29.9 Å². The van der Waals surface area contributed by atoms with E-state index in [1.165, 1.54) is 12.1 Å². The van der Waals surface area contributed by atoms with Crippen LogP contribution in [0.2, 0.25) is 0 Å². The van der Waals surface area contributed by atoms with Crippen molar-refractivity contribution in [3.8, 4) is 10.6 Å². The molecule has 0 aliphatic rings. The maximum absolute atomic E-state index is 13.0. The summed E-state index contributed by atoms with van der Waals surface area (Å²) in [6, 6.07) is 12.2. The minimum atomic E-state index is -0.232. The predicted octanol–water partition coefficient (Wildman–Crippen LogP) is 4.71. The van der Waals surface area contributed by atoms with Gasteiger partial charge in [0.2, 0.25) is 0 Å². The molecule has 7 heteroatoms. The number of rotatable bonds is 6. The van der Waals surface area contributed by atoms with Crippen molar-refractivity contribution in [1.82, 2.24) is 14.8 Å². The first-order valence-electron chi connectivity index (χ1n) is 8.19. The third-order valence-electron chi connectivity index (χ3n) is 3.92. The van der Waals surface area contributed by atoms with Gasteiger partial charge in [0.1, 0.15) is 17.3 Å². The number of hydrogen-bond donors (Lipinski definition) is 1. The van der Waals surface area contributed by atoms with Crippen molar-refractivity contribution in [1.29, 1.82) is 0 Å². The molecule has 3 aromatic heterocycles. The van der Waals surface area contributed by atoms with E-state index in [1.54, 1.807) is 29.7 Å². The number of halogens is 1. The van der Waals surface area contributed by atoms with E-state index < -0.39 is 0 Å². The number of benzene rings is 1. The Balaban J connectivity index is 1.47. The Bertz CT molecular complexity index is 989. The summed E-state index contributed by atoms with van der Waals surface area (Å²) in [7, 11) is 0. The molecule has 4 rings (SSSR count). The summed E-state index contributed by atoms with van der Waals surface area (Å²) in [5.41, 5.74) is 2.82. The molecule has 132 valence electrons.